The van der Waals surface area contributed by atoms with Crippen molar-refractivity contribution in [3.05, 3.63) is 88.5 Å². The van der Waals surface area contributed by atoms with Gasteiger partial charge >= 0.3 is 11.9 Å². The van der Waals surface area contributed by atoms with Crippen LogP contribution in [0.1, 0.15) is 93.3 Å². The molecule has 1 saturated carbocycles. The normalized spacial score (nSPS) is 27.3. The van der Waals surface area contributed by atoms with E-state index in [1.807, 2.05) is 42.5 Å². The maximum atomic E-state index is 14.0. The van der Waals surface area contributed by atoms with Crippen LogP contribution in [0, 0.1) is 5.92 Å². The molecule has 2 amide bonds. The van der Waals surface area contributed by atoms with Gasteiger partial charge in [-0.1, -0.05) is 54.6 Å². The lowest BCUT2D eigenvalue weighted by atomic mass is 9.88. The lowest BCUT2D eigenvalue weighted by molar-refractivity contribution is -0.172. The third kappa shape index (κ3) is 9.84. The number of nitrogens with one attached hydrogen (secondary N) is 2. The minimum atomic E-state index is -1.41. The minimum absolute atomic E-state index is 0.0446. The van der Waals surface area contributed by atoms with Gasteiger partial charge < -0.3 is 44.5 Å². The molecule has 5 aliphatic rings. The van der Waals surface area contributed by atoms with Gasteiger partial charge in [0.2, 0.25) is 11.8 Å². The summed E-state index contributed by atoms with van der Waals surface area (Å²) in [7, 11) is 0. The van der Waals surface area contributed by atoms with Crippen LogP contribution in [-0.4, -0.2) is 101 Å². The van der Waals surface area contributed by atoms with E-state index in [9.17, 15) is 29.4 Å². The SMILES string of the molecule is C[C@H](O)[C@@H](NC(=O)C1=C[C@H]2OC3(Cc4ccccc4C3)O[C@H]2[C@H](OC(=O)c2ccccc2C=CC2CCC3OC3C2)C1)C(=O)N[C@H](CO)CCC(=O)OC(C)(C)C. The number of rotatable bonds is 13. The fourth-order valence-corrected chi connectivity index (χ4v) is 8.37. The Morgan fingerprint density at radius 3 is 2.39 bits per heavy atom. The third-order valence-electron chi connectivity index (χ3n) is 11.3. The number of fused-ring (bicyclic) bond motifs is 3. The summed E-state index contributed by atoms with van der Waals surface area (Å²) in [5, 5.41) is 25.9. The van der Waals surface area contributed by atoms with Gasteiger partial charge in [0.05, 0.1) is 36.5 Å². The zero-order valence-corrected chi connectivity index (χ0v) is 33.0. The number of carbonyl (C=O) groups excluding carboxylic acids is 4. The zero-order valence-electron chi connectivity index (χ0n) is 33.0. The summed E-state index contributed by atoms with van der Waals surface area (Å²) < 4.78 is 30.5. The molecule has 2 aromatic rings. The largest absolute Gasteiger partial charge is 0.460 e. The van der Waals surface area contributed by atoms with E-state index in [2.05, 4.69) is 16.7 Å². The van der Waals surface area contributed by atoms with E-state index in [4.69, 9.17) is 23.7 Å². The molecule has 0 aromatic heterocycles. The minimum Gasteiger partial charge on any atom is -0.460 e. The van der Waals surface area contributed by atoms with Gasteiger partial charge in [-0.05, 0) is 88.1 Å². The molecule has 0 bridgehead atoms. The number of hydrogen-bond donors (Lipinski definition) is 4. The predicted octanol–water partition coefficient (Wildman–Crippen LogP) is 3.87. The van der Waals surface area contributed by atoms with Crippen LogP contribution >= 0.6 is 0 Å². The highest BCUT2D eigenvalue weighted by molar-refractivity contribution is 5.98. The molecule has 306 valence electrons. The van der Waals surface area contributed by atoms with Crippen molar-refractivity contribution in [3.8, 4) is 0 Å². The van der Waals surface area contributed by atoms with E-state index < -0.39 is 78.2 Å². The number of allylic oxidation sites excluding steroid dienone is 1. The van der Waals surface area contributed by atoms with E-state index in [0.29, 0.717) is 42.1 Å². The summed E-state index contributed by atoms with van der Waals surface area (Å²) in [5.74, 6) is -3.13. The lowest BCUT2D eigenvalue weighted by Gasteiger charge is -2.31. The second kappa shape index (κ2) is 16.8. The topological polar surface area (TPSA) is 182 Å². The molecule has 13 nitrogen and oxygen atoms in total. The number of epoxide rings is 1. The van der Waals surface area contributed by atoms with E-state index in [1.165, 1.54) is 6.92 Å². The molecule has 0 radical (unpaired) electrons. The first kappa shape index (κ1) is 40.8. The maximum Gasteiger partial charge on any atom is 0.339 e. The van der Waals surface area contributed by atoms with E-state index in [-0.39, 0.29) is 24.8 Å². The first-order valence-corrected chi connectivity index (χ1v) is 20.1. The Morgan fingerprint density at radius 2 is 1.70 bits per heavy atom. The highest BCUT2D eigenvalue weighted by atomic mass is 16.8. The molecule has 2 aliphatic heterocycles. The number of benzene rings is 2. The molecule has 13 heteroatoms. The van der Waals surface area contributed by atoms with Gasteiger partial charge in [-0.3, -0.25) is 14.4 Å². The van der Waals surface area contributed by atoms with Crippen LogP contribution in [-0.2, 0) is 50.9 Å². The van der Waals surface area contributed by atoms with Crippen LogP contribution < -0.4 is 10.6 Å². The predicted molar refractivity (Wildman–Crippen MR) is 207 cm³/mol. The van der Waals surface area contributed by atoms with Crippen molar-refractivity contribution >= 4 is 29.8 Å². The van der Waals surface area contributed by atoms with Crippen molar-refractivity contribution < 1.29 is 53.1 Å². The van der Waals surface area contributed by atoms with Crippen LogP contribution in [0.15, 0.2) is 66.3 Å². The van der Waals surface area contributed by atoms with Crippen LogP contribution in [0.25, 0.3) is 6.08 Å². The second-order valence-electron chi connectivity index (χ2n) is 17.0. The molecular formula is C44H54N2O11. The summed E-state index contributed by atoms with van der Waals surface area (Å²) in [6.45, 7) is 6.11. The molecule has 2 aromatic carbocycles. The zero-order chi connectivity index (χ0) is 40.5. The van der Waals surface area contributed by atoms with Crippen molar-refractivity contribution in [1.29, 1.82) is 0 Å². The fourth-order valence-electron chi connectivity index (χ4n) is 8.37. The molecule has 2 heterocycles. The molecule has 4 N–H and O–H groups in total. The van der Waals surface area contributed by atoms with Crippen LogP contribution in [0.4, 0.5) is 0 Å². The summed E-state index contributed by atoms with van der Waals surface area (Å²) in [4.78, 5) is 53.7. The number of esters is 2. The number of ether oxygens (including phenoxy) is 5. The molecule has 3 unspecified atom stereocenters. The summed E-state index contributed by atoms with van der Waals surface area (Å²) in [6, 6.07) is 13.0. The maximum absolute atomic E-state index is 14.0. The number of carbonyl (C=O) groups is 4. The van der Waals surface area contributed by atoms with Crippen molar-refractivity contribution in [3.63, 3.8) is 0 Å². The Morgan fingerprint density at radius 1 is 0.982 bits per heavy atom. The van der Waals surface area contributed by atoms with Crippen LogP contribution in [0.3, 0.4) is 0 Å². The van der Waals surface area contributed by atoms with Gasteiger partial charge in [-0.25, -0.2) is 4.79 Å². The molecule has 9 atom stereocenters. The van der Waals surface area contributed by atoms with Crippen LogP contribution in [0.2, 0.25) is 0 Å². The van der Waals surface area contributed by atoms with Gasteiger partial charge in [0.1, 0.15) is 30.0 Å². The average molecular weight is 787 g/mol. The van der Waals surface area contributed by atoms with Gasteiger partial charge in [0.15, 0.2) is 5.79 Å². The highest BCUT2D eigenvalue weighted by Crippen LogP contribution is 2.45. The fraction of sp³-hybridized carbons (Fsp3) is 0.545. The monoisotopic (exact) mass is 786 g/mol. The molecule has 3 fully saturated rings. The smallest absolute Gasteiger partial charge is 0.339 e. The Bertz CT molecular complexity index is 1870. The lowest BCUT2D eigenvalue weighted by Crippen LogP contribution is -2.55. The molecule has 3 aliphatic carbocycles. The molecule has 2 saturated heterocycles. The average Bonchev–Trinajstić information content (AvgIpc) is 3.72. The van der Waals surface area contributed by atoms with E-state index in [1.54, 1.807) is 39.0 Å². The standard InChI is InChI=1S/C44H54N2O11/c1-25(48)38(41(51)45-31(24-47)16-18-37(49)56-43(2,3)4)46-40(50)30-20-35(39-36(21-30)55-44(57-39)22-28-10-5-6-11-29(28)23-44)54-42(52)32-12-8-7-9-27(32)15-13-26-14-17-33-34(19-26)53-33/h5-13,15,21,25-26,31,33-36,38-39,47-48H,14,16-20,22-24H2,1-4H3,(H,45,51)(H,46,50)/t25-,26?,31-,33?,34?,35+,36+,38+,39-/m0/s1. The van der Waals surface area contributed by atoms with Gasteiger partial charge in [-0.2, -0.15) is 0 Å². The van der Waals surface area contributed by atoms with Crippen molar-refractivity contribution in [1.82, 2.24) is 10.6 Å². The Hall–Kier alpha value is -4.40. The first-order chi connectivity index (χ1) is 27.2. The molecule has 57 heavy (non-hydrogen) atoms. The first-order valence-electron chi connectivity index (χ1n) is 20.1. The van der Waals surface area contributed by atoms with Crippen molar-refractivity contribution in [2.75, 3.05) is 6.61 Å². The Balaban J connectivity index is 1.07. The quantitative estimate of drug-likeness (QED) is 0.171. The Labute approximate surface area is 333 Å². The second-order valence-corrected chi connectivity index (χ2v) is 17.0. The van der Waals surface area contributed by atoms with Gasteiger partial charge in [0.25, 0.3) is 0 Å². The van der Waals surface area contributed by atoms with E-state index >= 15 is 0 Å². The Kier molecular flexibility index (Phi) is 12.0. The third-order valence-corrected chi connectivity index (χ3v) is 11.3. The van der Waals surface area contributed by atoms with Gasteiger partial charge in [-0.15, -0.1) is 0 Å². The van der Waals surface area contributed by atoms with Gasteiger partial charge in [0, 0.05) is 31.3 Å². The van der Waals surface area contributed by atoms with Crippen LogP contribution in [0.5, 0.6) is 0 Å². The number of hydrogen-bond acceptors (Lipinski definition) is 11. The molecule has 7 rings (SSSR count). The molecular weight excluding hydrogens is 732 g/mol. The van der Waals surface area contributed by atoms with E-state index in [0.717, 1.165) is 30.4 Å². The number of aliphatic hydroxyl groups excluding tert-OH is 2. The summed E-state index contributed by atoms with van der Waals surface area (Å²) >= 11 is 0. The molecule has 1 spiro atoms. The summed E-state index contributed by atoms with van der Waals surface area (Å²) in [5.41, 5.74) is 2.77. The summed E-state index contributed by atoms with van der Waals surface area (Å²) in [6.07, 6.45) is 6.71. The van der Waals surface area contributed by atoms with Crippen molar-refractivity contribution in [2.45, 2.75) is 139 Å². The number of aliphatic hydroxyl groups is 2. The highest BCUT2D eigenvalue weighted by Gasteiger charge is 2.55. The number of amides is 2. The van der Waals surface area contributed by atoms with Crippen molar-refractivity contribution in [2.24, 2.45) is 5.92 Å².